The minimum atomic E-state index is -0.473. The standard InChI is InChI=1S/C48H29N3S/c1-2-13-31(14-3-1)45-49-46(33-24-26-36-32(28-33)23-22-30-12-4-5-15-35(30)36)51-47(50-45)34-25-27-44-42(29-34)48(41-20-10-11-21-43(41)52-44)39-18-8-6-16-37(39)38-17-7-9-19-40(38)48/h1-29H. The van der Waals surface area contributed by atoms with Crippen molar-refractivity contribution in [3.05, 3.63) is 198 Å². The van der Waals surface area contributed by atoms with Crippen molar-refractivity contribution in [2.75, 3.05) is 0 Å². The molecule has 1 aliphatic carbocycles. The number of benzene rings is 8. The first kappa shape index (κ1) is 29.4. The first-order chi connectivity index (χ1) is 25.8. The summed E-state index contributed by atoms with van der Waals surface area (Å²) in [5, 5.41) is 4.85. The summed E-state index contributed by atoms with van der Waals surface area (Å²) >= 11 is 1.85. The van der Waals surface area contributed by atoms with Gasteiger partial charge in [0.05, 0.1) is 5.41 Å². The molecule has 2 heterocycles. The summed E-state index contributed by atoms with van der Waals surface area (Å²) in [6.07, 6.45) is 0. The second-order valence-electron chi connectivity index (χ2n) is 13.5. The highest BCUT2D eigenvalue weighted by molar-refractivity contribution is 7.99. The van der Waals surface area contributed by atoms with E-state index < -0.39 is 5.41 Å². The van der Waals surface area contributed by atoms with Gasteiger partial charge in [-0.15, -0.1) is 0 Å². The third kappa shape index (κ3) is 4.25. The molecule has 0 bridgehead atoms. The second-order valence-corrected chi connectivity index (χ2v) is 14.6. The Hall–Kier alpha value is -6.36. The molecule has 0 unspecified atom stereocenters. The van der Waals surface area contributed by atoms with Crippen LogP contribution in [0.3, 0.4) is 0 Å². The molecule has 0 atom stereocenters. The minimum absolute atomic E-state index is 0.473. The predicted molar refractivity (Wildman–Crippen MR) is 213 cm³/mol. The van der Waals surface area contributed by atoms with Gasteiger partial charge in [-0.05, 0) is 79.2 Å². The van der Waals surface area contributed by atoms with E-state index in [-0.39, 0.29) is 0 Å². The van der Waals surface area contributed by atoms with E-state index in [0.29, 0.717) is 17.5 Å². The van der Waals surface area contributed by atoms with Gasteiger partial charge in [-0.25, -0.2) is 15.0 Å². The zero-order chi connectivity index (χ0) is 34.2. The number of fused-ring (bicyclic) bond motifs is 12. The minimum Gasteiger partial charge on any atom is -0.208 e. The Bertz CT molecular complexity index is 2850. The van der Waals surface area contributed by atoms with Crippen molar-refractivity contribution in [2.24, 2.45) is 0 Å². The fourth-order valence-corrected chi connectivity index (χ4v) is 9.67. The van der Waals surface area contributed by atoms with Gasteiger partial charge in [-0.3, -0.25) is 0 Å². The molecule has 0 N–H and O–H groups in total. The van der Waals surface area contributed by atoms with Crippen LogP contribution >= 0.6 is 11.8 Å². The highest BCUT2D eigenvalue weighted by Gasteiger charge is 2.50. The Morgan fingerprint density at radius 3 is 1.65 bits per heavy atom. The number of aromatic nitrogens is 3. The molecule has 1 aliphatic heterocycles. The first-order valence-electron chi connectivity index (χ1n) is 17.6. The van der Waals surface area contributed by atoms with Crippen molar-refractivity contribution in [3.63, 3.8) is 0 Å². The normalized spacial score (nSPS) is 13.5. The number of rotatable bonds is 3. The van der Waals surface area contributed by atoms with E-state index in [2.05, 4.69) is 158 Å². The molecule has 0 saturated carbocycles. The van der Waals surface area contributed by atoms with Crippen LogP contribution in [0.25, 0.3) is 66.8 Å². The quantitative estimate of drug-likeness (QED) is 0.174. The van der Waals surface area contributed by atoms with Gasteiger partial charge in [0.15, 0.2) is 17.5 Å². The highest BCUT2D eigenvalue weighted by atomic mass is 32.2. The van der Waals surface area contributed by atoms with Gasteiger partial charge in [0.25, 0.3) is 0 Å². The van der Waals surface area contributed by atoms with Crippen molar-refractivity contribution in [1.29, 1.82) is 0 Å². The maximum absolute atomic E-state index is 5.24. The molecule has 3 nitrogen and oxygen atoms in total. The van der Waals surface area contributed by atoms with Crippen LogP contribution in [0.5, 0.6) is 0 Å². The zero-order valence-electron chi connectivity index (χ0n) is 28.0. The monoisotopic (exact) mass is 679 g/mol. The fourth-order valence-electron chi connectivity index (χ4n) is 8.50. The molecular formula is C48H29N3S. The number of hydrogen-bond acceptors (Lipinski definition) is 4. The van der Waals surface area contributed by atoms with Crippen LogP contribution in [0, 0.1) is 0 Å². The predicted octanol–water partition coefficient (Wildman–Crippen LogP) is 12.0. The molecule has 8 aromatic carbocycles. The van der Waals surface area contributed by atoms with E-state index in [1.165, 1.54) is 59.3 Å². The van der Waals surface area contributed by atoms with Crippen LogP contribution < -0.4 is 0 Å². The molecule has 242 valence electrons. The Morgan fingerprint density at radius 2 is 0.885 bits per heavy atom. The van der Waals surface area contributed by atoms with Crippen LogP contribution in [0.2, 0.25) is 0 Å². The first-order valence-corrected chi connectivity index (χ1v) is 18.4. The molecule has 4 heteroatoms. The number of nitrogens with zero attached hydrogens (tertiary/aromatic N) is 3. The summed E-state index contributed by atoms with van der Waals surface area (Å²) in [7, 11) is 0. The zero-order valence-corrected chi connectivity index (χ0v) is 28.8. The SMILES string of the molecule is c1ccc(-c2nc(-c3ccc4c(c3)C3(c5ccccc5S4)c4ccccc4-c4ccccc43)nc(-c3ccc4c(ccc5ccccc54)c3)n2)cc1. The third-order valence-electron chi connectivity index (χ3n) is 10.8. The van der Waals surface area contributed by atoms with Crippen LogP contribution in [0.15, 0.2) is 186 Å². The summed E-state index contributed by atoms with van der Waals surface area (Å²) in [6.45, 7) is 0. The summed E-state index contributed by atoms with van der Waals surface area (Å²) in [5.74, 6) is 1.97. The Morgan fingerprint density at radius 1 is 0.346 bits per heavy atom. The maximum Gasteiger partial charge on any atom is 0.164 e. The van der Waals surface area contributed by atoms with E-state index in [1.807, 2.05) is 30.0 Å². The molecular weight excluding hydrogens is 651 g/mol. The third-order valence-corrected chi connectivity index (χ3v) is 11.9. The van der Waals surface area contributed by atoms with Gasteiger partial charge in [0, 0.05) is 26.5 Å². The molecule has 11 rings (SSSR count). The Labute approximate surface area is 305 Å². The molecule has 0 amide bonds. The van der Waals surface area contributed by atoms with Crippen LogP contribution in [-0.2, 0) is 5.41 Å². The Kier molecular flexibility index (Phi) is 6.40. The molecule has 2 aliphatic rings. The molecule has 0 saturated heterocycles. The van der Waals surface area contributed by atoms with Gasteiger partial charge >= 0.3 is 0 Å². The lowest BCUT2D eigenvalue weighted by Gasteiger charge is -2.39. The lowest BCUT2D eigenvalue weighted by atomic mass is 9.67. The summed E-state index contributed by atoms with van der Waals surface area (Å²) in [6, 6.07) is 63.2. The van der Waals surface area contributed by atoms with Crippen molar-refractivity contribution >= 4 is 33.3 Å². The largest absolute Gasteiger partial charge is 0.208 e. The van der Waals surface area contributed by atoms with Crippen molar-refractivity contribution in [3.8, 4) is 45.3 Å². The van der Waals surface area contributed by atoms with Gasteiger partial charge in [-0.1, -0.05) is 163 Å². The average Bonchev–Trinajstić information content (AvgIpc) is 3.51. The molecule has 1 aromatic heterocycles. The van der Waals surface area contributed by atoms with E-state index in [0.717, 1.165) is 22.1 Å². The van der Waals surface area contributed by atoms with Gasteiger partial charge in [-0.2, -0.15) is 0 Å². The molecule has 0 fully saturated rings. The summed E-state index contributed by atoms with van der Waals surface area (Å²) < 4.78 is 0. The number of hydrogen-bond donors (Lipinski definition) is 0. The average molecular weight is 680 g/mol. The lowest BCUT2D eigenvalue weighted by Crippen LogP contribution is -2.32. The second kappa shape index (κ2) is 11.3. The van der Waals surface area contributed by atoms with Crippen molar-refractivity contribution < 1.29 is 0 Å². The van der Waals surface area contributed by atoms with Gasteiger partial charge in [0.1, 0.15) is 0 Å². The van der Waals surface area contributed by atoms with E-state index in [1.54, 1.807) is 0 Å². The maximum atomic E-state index is 5.24. The van der Waals surface area contributed by atoms with Crippen LogP contribution in [0.4, 0.5) is 0 Å². The lowest BCUT2D eigenvalue weighted by molar-refractivity contribution is 0.722. The molecule has 0 radical (unpaired) electrons. The highest BCUT2D eigenvalue weighted by Crippen LogP contribution is 2.62. The summed E-state index contributed by atoms with van der Waals surface area (Å²) in [5.41, 5.74) is 10.2. The molecule has 1 spiro atoms. The van der Waals surface area contributed by atoms with Crippen molar-refractivity contribution in [1.82, 2.24) is 15.0 Å². The molecule has 9 aromatic rings. The summed E-state index contributed by atoms with van der Waals surface area (Å²) in [4.78, 5) is 18.0. The van der Waals surface area contributed by atoms with Crippen LogP contribution in [-0.4, -0.2) is 15.0 Å². The topological polar surface area (TPSA) is 38.7 Å². The van der Waals surface area contributed by atoms with E-state index in [4.69, 9.17) is 15.0 Å². The van der Waals surface area contributed by atoms with Gasteiger partial charge < -0.3 is 0 Å². The van der Waals surface area contributed by atoms with E-state index >= 15 is 0 Å². The Balaban J connectivity index is 1.15. The van der Waals surface area contributed by atoms with Gasteiger partial charge in [0.2, 0.25) is 0 Å². The molecule has 52 heavy (non-hydrogen) atoms. The van der Waals surface area contributed by atoms with E-state index in [9.17, 15) is 0 Å². The van der Waals surface area contributed by atoms with Crippen LogP contribution in [0.1, 0.15) is 22.3 Å². The smallest absolute Gasteiger partial charge is 0.164 e. The van der Waals surface area contributed by atoms with Crippen molar-refractivity contribution in [2.45, 2.75) is 15.2 Å². The fraction of sp³-hybridized carbons (Fsp3) is 0.0208.